The number of hydrogen-bond donors (Lipinski definition) is 2. The topological polar surface area (TPSA) is 64.1 Å². The Morgan fingerprint density at radius 3 is 2.83 bits per heavy atom. The average molecular weight is 169 g/mol. The van der Waals surface area contributed by atoms with E-state index in [2.05, 4.69) is 5.10 Å². The third kappa shape index (κ3) is 1.84. The van der Waals surface area contributed by atoms with Crippen molar-refractivity contribution < 1.29 is 5.11 Å². The number of aromatic nitrogens is 2. The Labute approximate surface area is 72.0 Å². The summed E-state index contributed by atoms with van der Waals surface area (Å²) in [5, 5.41) is 13.7. The highest BCUT2D eigenvalue weighted by atomic mass is 16.3. The molecule has 1 unspecified atom stereocenters. The van der Waals surface area contributed by atoms with E-state index in [0.717, 1.165) is 11.4 Å². The molecule has 0 radical (unpaired) electrons. The van der Waals surface area contributed by atoms with Crippen LogP contribution in [-0.4, -0.2) is 21.4 Å². The smallest absolute Gasteiger partial charge is 0.0968 e. The molecule has 1 aromatic heterocycles. The lowest BCUT2D eigenvalue weighted by Crippen LogP contribution is -2.10. The van der Waals surface area contributed by atoms with Crippen molar-refractivity contribution >= 4 is 0 Å². The quantitative estimate of drug-likeness (QED) is 0.675. The molecular weight excluding hydrogens is 154 g/mol. The van der Waals surface area contributed by atoms with Crippen LogP contribution in [0.25, 0.3) is 0 Å². The molecule has 1 rings (SSSR count). The number of nitrogens with two attached hydrogens (primary N) is 1. The van der Waals surface area contributed by atoms with E-state index in [-0.39, 0.29) is 0 Å². The third-order valence-electron chi connectivity index (χ3n) is 1.82. The van der Waals surface area contributed by atoms with Crippen LogP contribution < -0.4 is 5.73 Å². The molecule has 1 heterocycles. The van der Waals surface area contributed by atoms with E-state index in [4.69, 9.17) is 5.73 Å². The highest BCUT2D eigenvalue weighted by molar-refractivity contribution is 5.11. The van der Waals surface area contributed by atoms with E-state index in [1.165, 1.54) is 0 Å². The van der Waals surface area contributed by atoms with E-state index in [0.29, 0.717) is 13.0 Å². The van der Waals surface area contributed by atoms with E-state index in [1.807, 2.05) is 20.0 Å². The lowest BCUT2D eigenvalue weighted by atomic mass is 10.2. The lowest BCUT2D eigenvalue weighted by molar-refractivity contribution is 0.160. The molecule has 0 amide bonds. The Morgan fingerprint density at radius 1 is 1.75 bits per heavy atom. The maximum atomic E-state index is 9.57. The number of aliphatic hydroxyl groups excluding tert-OH is 1. The first-order valence-electron chi connectivity index (χ1n) is 4.04. The summed E-state index contributed by atoms with van der Waals surface area (Å²) in [6.45, 7) is 2.39. The summed E-state index contributed by atoms with van der Waals surface area (Å²) >= 11 is 0. The van der Waals surface area contributed by atoms with Gasteiger partial charge in [-0.3, -0.25) is 4.68 Å². The maximum absolute atomic E-state index is 9.57. The van der Waals surface area contributed by atoms with Crippen LogP contribution in [0.4, 0.5) is 0 Å². The highest BCUT2D eigenvalue weighted by Gasteiger charge is 2.11. The van der Waals surface area contributed by atoms with Crippen molar-refractivity contribution in [3.05, 3.63) is 17.5 Å². The monoisotopic (exact) mass is 169 g/mol. The first-order chi connectivity index (χ1) is 5.65. The summed E-state index contributed by atoms with van der Waals surface area (Å²) in [6, 6.07) is 1.88. The number of rotatable bonds is 3. The Kier molecular flexibility index (Phi) is 2.83. The third-order valence-corrected chi connectivity index (χ3v) is 1.82. The van der Waals surface area contributed by atoms with Crippen LogP contribution >= 0.6 is 0 Å². The van der Waals surface area contributed by atoms with Gasteiger partial charge in [-0.15, -0.1) is 0 Å². The van der Waals surface area contributed by atoms with Crippen molar-refractivity contribution in [3.8, 4) is 0 Å². The number of hydrogen-bond acceptors (Lipinski definition) is 3. The zero-order chi connectivity index (χ0) is 9.14. The van der Waals surface area contributed by atoms with Crippen LogP contribution in [0.2, 0.25) is 0 Å². The maximum Gasteiger partial charge on any atom is 0.0968 e. The van der Waals surface area contributed by atoms with Crippen LogP contribution in [0.1, 0.15) is 23.9 Å². The van der Waals surface area contributed by atoms with Gasteiger partial charge in [-0.1, -0.05) is 0 Å². The van der Waals surface area contributed by atoms with Crippen molar-refractivity contribution in [3.63, 3.8) is 0 Å². The van der Waals surface area contributed by atoms with Crippen molar-refractivity contribution in [2.45, 2.75) is 19.4 Å². The predicted octanol–water partition coefficient (Wildman–Crippen LogP) is 0.111. The molecule has 4 nitrogen and oxygen atoms in total. The van der Waals surface area contributed by atoms with Gasteiger partial charge >= 0.3 is 0 Å². The first kappa shape index (κ1) is 9.22. The molecule has 68 valence electrons. The molecule has 0 aliphatic rings. The number of aliphatic hydroxyl groups is 1. The molecule has 1 aromatic rings. The molecule has 0 spiro atoms. The zero-order valence-corrected chi connectivity index (χ0v) is 7.49. The average Bonchev–Trinajstić information content (AvgIpc) is 2.30. The summed E-state index contributed by atoms with van der Waals surface area (Å²) in [5.41, 5.74) is 7.09. The van der Waals surface area contributed by atoms with Gasteiger partial charge in [0.2, 0.25) is 0 Å². The van der Waals surface area contributed by atoms with Crippen LogP contribution in [0.3, 0.4) is 0 Å². The highest BCUT2D eigenvalue weighted by Crippen LogP contribution is 2.15. The van der Waals surface area contributed by atoms with Gasteiger partial charge in [-0.05, 0) is 26.0 Å². The largest absolute Gasteiger partial charge is 0.387 e. The molecule has 12 heavy (non-hydrogen) atoms. The van der Waals surface area contributed by atoms with Gasteiger partial charge in [0.1, 0.15) is 0 Å². The Bertz CT molecular complexity index is 257. The van der Waals surface area contributed by atoms with Gasteiger partial charge in [-0.25, -0.2) is 0 Å². The molecule has 1 atom stereocenters. The minimum Gasteiger partial charge on any atom is -0.387 e. The van der Waals surface area contributed by atoms with E-state index in [1.54, 1.807) is 4.68 Å². The van der Waals surface area contributed by atoms with Crippen LogP contribution in [0, 0.1) is 6.92 Å². The van der Waals surface area contributed by atoms with Crippen molar-refractivity contribution in [1.29, 1.82) is 0 Å². The molecule has 4 heteroatoms. The fraction of sp³-hybridized carbons (Fsp3) is 0.625. The molecule has 0 bridgehead atoms. The van der Waals surface area contributed by atoms with Crippen LogP contribution in [0.5, 0.6) is 0 Å². The van der Waals surface area contributed by atoms with Gasteiger partial charge in [0.05, 0.1) is 17.5 Å². The van der Waals surface area contributed by atoms with Crippen LogP contribution in [-0.2, 0) is 7.05 Å². The molecule has 0 aliphatic carbocycles. The van der Waals surface area contributed by atoms with Crippen LogP contribution in [0.15, 0.2) is 6.07 Å². The van der Waals surface area contributed by atoms with Crippen molar-refractivity contribution in [2.24, 2.45) is 12.8 Å². The first-order valence-corrected chi connectivity index (χ1v) is 4.04. The molecule has 0 fully saturated rings. The number of nitrogens with zero attached hydrogens (tertiary/aromatic N) is 2. The Balaban J connectivity index is 2.79. The van der Waals surface area contributed by atoms with Crippen molar-refractivity contribution in [2.75, 3.05) is 6.54 Å². The van der Waals surface area contributed by atoms with Gasteiger partial charge in [0.15, 0.2) is 0 Å². The van der Waals surface area contributed by atoms with E-state index in [9.17, 15) is 5.11 Å². The van der Waals surface area contributed by atoms with Crippen molar-refractivity contribution in [1.82, 2.24) is 9.78 Å². The molecular formula is C8H15N3O. The van der Waals surface area contributed by atoms with E-state index < -0.39 is 6.10 Å². The fourth-order valence-electron chi connectivity index (χ4n) is 1.25. The number of aryl methyl sites for hydroxylation is 2. The zero-order valence-electron chi connectivity index (χ0n) is 7.49. The van der Waals surface area contributed by atoms with E-state index >= 15 is 0 Å². The molecule has 0 saturated carbocycles. The normalized spacial score (nSPS) is 13.3. The van der Waals surface area contributed by atoms with Gasteiger partial charge < -0.3 is 10.8 Å². The minimum atomic E-state index is -0.485. The van der Waals surface area contributed by atoms with Gasteiger partial charge in [0, 0.05) is 7.05 Å². The lowest BCUT2D eigenvalue weighted by Gasteiger charge is -2.08. The predicted molar refractivity (Wildman–Crippen MR) is 46.6 cm³/mol. The molecule has 3 N–H and O–H groups in total. The summed E-state index contributed by atoms with van der Waals surface area (Å²) < 4.78 is 1.69. The molecule has 0 saturated heterocycles. The second-order valence-corrected chi connectivity index (χ2v) is 2.93. The second-order valence-electron chi connectivity index (χ2n) is 2.93. The summed E-state index contributed by atoms with van der Waals surface area (Å²) in [5.74, 6) is 0. The summed E-state index contributed by atoms with van der Waals surface area (Å²) in [6.07, 6.45) is 0.0973. The van der Waals surface area contributed by atoms with Gasteiger partial charge in [0.25, 0.3) is 0 Å². The summed E-state index contributed by atoms with van der Waals surface area (Å²) in [7, 11) is 1.82. The molecule has 0 aromatic carbocycles. The Morgan fingerprint density at radius 2 is 2.42 bits per heavy atom. The minimum absolute atomic E-state index is 0.485. The standard InChI is InChI=1S/C8H15N3O/c1-6-5-7(11(2)10-6)8(12)3-4-9/h5,8,12H,3-4,9H2,1-2H3. The van der Waals surface area contributed by atoms with Gasteiger partial charge in [-0.2, -0.15) is 5.10 Å². The summed E-state index contributed by atoms with van der Waals surface area (Å²) in [4.78, 5) is 0. The SMILES string of the molecule is Cc1cc(C(O)CCN)n(C)n1. The second kappa shape index (κ2) is 3.69. The fourth-order valence-corrected chi connectivity index (χ4v) is 1.25. The Hall–Kier alpha value is -0.870. The molecule has 0 aliphatic heterocycles.